The maximum Gasteiger partial charge on any atom is 0.148 e. The van der Waals surface area contributed by atoms with Gasteiger partial charge in [-0.3, -0.25) is 5.41 Å². The van der Waals surface area contributed by atoms with E-state index in [1.165, 1.54) is 0 Å². The average Bonchev–Trinajstić information content (AvgIpc) is 3.05. The van der Waals surface area contributed by atoms with Crippen molar-refractivity contribution in [1.29, 1.82) is 5.41 Å². The summed E-state index contributed by atoms with van der Waals surface area (Å²) in [5.41, 5.74) is 2.93. The Morgan fingerprint density at radius 2 is 1.83 bits per heavy atom. The second-order valence-electron chi connectivity index (χ2n) is 5.69. The first kappa shape index (κ1) is 14.8. The number of hydrogen-bond donors (Lipinski definition) is 2. The minimum absolute atomic E-state index is 0.123. The highest BCUT2D eigenvalue weighted by molar-refractivity contribution is 6.36. The van der Waals surface area contributed by atoms with Crippen LogP contribution in [-0.4, -0.2) is 27.0 Å². The van der Waals surface area contributed by atoms with Crippen molar-refractivity contribution >= 4 is 39.7 Å². The van der Waals surface area contributed by atoms with Gasteiger partial charge in [-0.1, -0.05) is 35.9 Å². The first-order valence-corrected chi connectivity index (χ1v) is 7.90. The summed E-state index contributed by atoms with van der Waals surface area (Å²) in [6.07, 6.45) is 0. The molecule has 0 spiro atoms. The topological polar surface area (TPSA) is 65.1 Å². The number of aromatic nitrogens is 2. The number of para-hydroxylation sites is 3. The lowest BCUT2D eigenvalue weighted by Crippen LogP contribution is -2.26. The third-order valence-electron chi connectivity index (χ3n) is 4.26. The number of anilines is 1. The summed E-state index contributed by atoms with van der Waals surface area (Å²) in [7, 11) is 1.89. The normalized spacial score (nSPS) is 14.9. The Bertz CT molecular complexity index is 1010. The highest BCUT2D eigenvalue weighted by Crippen LogP contribution is 2.34. The van der Waals surface area contributed by atoms with E-state index in [0.29, 0.717) is 22.1 Å². The second-order valence-corrected chi connectivity index (χ2v) is 6.10. The molecule has 1 aromatic heterocycles. The van der Waals surface area contributed by atoms with Crippen LogP contribution >= 0.6 is 11.6 Å². The Hall–Kier alpha value is -2.79. The van der Waals surface area contributed by atoms with E-state index in [-0.39, 0.29) is 18.1 Å². The molecule has 120 valence electrons. The fraction of sp³-hybridized carbons (Fsp3) is 0.111. The van der Waals surface area contributed by atoms with E-state index < -0.39 is 0 Å². The minimum atomic E-state index is 0.123. The highest BCUT2D eigenvalue weighted by Gasteiger charge is 2.33. The van der Waals surface area contributed by atoms with E-state index in [0.717, 1.165) is 11.0 Å². The van der Waals surface area contributed by atoms with Crippen molar-refractivity contribution in [2.45, 2.75) is 0 Å². The molecule has 5 nitrogen and oxygen atoms in total. The van der Waals surface area contributed by atoms with Gasteiger partial charge in [-0.05, 0) is 24.3 Å². The van der Waals surface area contributed by atoms with E-state index in [2.05, 4.69) is 4.98 Å². The van der Waals surface area contributed by atoms with Crippen molar-refractivity contribution in [3.63, 3.8) is 0 Å². The summed E-state index contributed by atoms with van der Waals surface area (Å²) in [6, 6.07) is 15.1. The van der Waals surface area contributed by atoms with Gasteiger partial charge in [0, 0.05) is 7.05 Å². The summed E-state index contributed by atoms with van der Waals surface area (Å²) in [4.78, 5) is 6.28. The highest BCUT2D eigenvalue weighted by atomic mass is 35.5. The number of amidine groups is 1. The van der Waals surface area contributed by atoms with Crippen LogP contribution < -0.4 is 4.90 Å². The van der Waals surface area contributed by atoms with E-state index in [4.69, 9.17) is 17.0 Å². The molecule has 3 aromatic rings. The number of fused-ring (bicyclic) bond motifs is 1. The van der Waals surface area contributed by atoms with Crippen LogP contribution in [0.2, 0.25) is 5.02 Å². The van der Waals surface area contributed by atoms with Crippen molar-refractivity contribution in [3.8, 4) is 0 Å². The Morgan fingerprint density at radius 1 is 1.12 bits per heavy atom. The fourth-order valence-corrected chi connectivity index (χ4v) is 3.30. The lowest BCUT2D eigenvalue weighted by molar-refractivity contribution is 0.411. The van der Waals surface area contributed by atoms with E-state index in [1.807, 2.05) is 54.1 Å². The van der Waals surface area contributed by atoms with Gasteiger partial charge in [0.1, 0.15) is 17.4 Å². The molecule has 0 saturated heterocycles. The predicted octanol–water partition coefficient (Wildman–Crippen LogP) is 3.99. The maximum absolute atomic E-state index is 10.5. The number of nitrogens with zero attached hydrogens (tertiary/aromatic N) is 3. The number of nitrogens with one attached hydrogen (secondary N) is 1. The van der Waals surface area contributed by atoms with Crippen molar-refractivity contribution in [2.24, 2.45) is 7.05 Å². The van der Waals surface area contributed by atoms with Gasteiger partial charge >= 0.3 is 0 Å². The number of aliphatic hydroxyl groups is 1. The van der Waals surface area contributed by atoms with E-state index in [1.54, 1.807) is 11.0 Å². The van der Waals surface area contributed by atoms with Crippen LogP contribution in [0.25, 0.3) is 16.6 Å². The van der Waals surface area contributed by atoms with Crippen molar-refractivity contribution in [1.82, 2.24) is 9.55 Å². The predicted molar refractivity (Wildman–Crippen MR) is 96.8 cm³/mol. The molecule has 6 heteroatoms. The van der Waals surface area contributed by atoms with Gasteiger partial charge in [-0.25, -0.2) is 4.98 Å². The molecule has 1 aliphatic heterocycles. The molecule has 24 heavy (non-hydrogen) atoms. The van der Waals surface area contributed by atoms with Crippen LogP contribution in [0.5, 0.6) is 0 Å². The van der Waals surface area contributed by atoms with Crippen molar-refractivity contribution < 1.29 is 5.11 Å². The molecule has 0 fully saturated rings. The maximum atomic E-state index is 10.5. The van der Waals surface area contributed by atoms with Crippen LogP contribution in [-0.2, 0) is 7.05 Å². The lowest BCUT2D eigenvalue weighted by Gasteiger charge is -2.20. The number of halogens is 1. The molecule has 1 aliphatic rings. The summed E-state index contributed by atoms with van der Waals surface area (Å²) < 4.78 is 1.89. The summed E-state index contributed by atoms with van der Waals surface area (Å²) >= 11 is 6.25. The smallest absolute Gasteiger partial charge is 0.148 e. The molecule has 4 rings (SSSR count). The summed E-state index contributed by atoms with van der Waals surface area (Å²) in [5, 5.41) is 19.6. The molecular formula is C18H15ClN4O. The molecular weight excluding hydrogens is 324 g/mol. The van der Waals surface area contributed by atoms with Gasteiger partial charge in [0.15, 0.2) is 0 Å². The largest absolute Gasteiger partial charge is 0.509 e. The van der Waals surface area contributed by atoms with Crippen LogP contribution in [0.15, 0.2) is 54.3 Å². The molecule has 0 atom stereocenters. The second kappa shape index (κ2) is 5.39. The summed E-state index contributed by atoms with van der Waals surface area (Å²) in [5.74, 6) is 0.894. The van der Waals surface area contributed by atoms with E-state index in [9.17, 15) is 5.11 Å². The van der Waals surface area contributed by atoms with Crippen LogP contribution in [0.1, 0.15) is 5.82 Å². The van der Waals surface area contributed by atoms with Crippen LogP contribution in [0.4, 0.5) is 5.69 Å². The third-order valence-corrected chi connectivity index (χ3v) is 4.58. The Kier molecular flexibility index (Phi) is 3.32. The van der Waals surface area contributed by atoms with Crippen LogP contribution in [0.3, 0.4) is 0 Å². The Labute approximate surface area is 143 Å². The molecule has 0 unspecified atom stereocenters. The minimum Gasteiger partial charge on any atom is -0.509 e. The first-order chi connectivity index (χ1) is 11.6. The van der Waals surface area contributed by atoms with Crippen molar-refractivity contribution in [3.05, 3.63) is 65.1 Å². The molecule has 2 aromatic carbocycles. The zero-order valence-electron chi connectivity index (χ0n) is 13.0. The van der Waals surface area contributed by atoms with Gasteiger partial charge in [-0.15, -0.1) is 0 Å². The summed E-state index contributed by atoms with van der Waals surface area (Å²) in [6.45, 7) is 0.209. The Morgan fingerprint density at radius 3 is 2.58 bits per heavy atom. The monoisotopic (exact) mass is 338 g/mol. The average molecular weight is 339 g/mol. The lowest BCUT2D eigenvalue weighted by atomic mass is 10.2. The quantitative estimate of drug-likeness (QED) is 0.742. The molecule has 2 N–H and O–H groups in total. The van der Waals surface area contributed by atoms with E-state index >= 15 is 0 Å². The molecule has 0 bridgehead atoms. The van der Waals surface area contributed by atoms with Gasteiger partial charge in [0.2, 0.25) is 0 Å². The number of hydrogen-bond acceptors (Lipinski definition) is 3. The molecule has 0 amide bonds. The van der Waals surface area contributed by atoms with Gasteiger partial charge in [0.05, 0.1) is 33.9 Å². The first-order valence-electron chi connectivity index (χ1n) is 7.53. The number of imidazole rings is 1. The van der Waals surface area contributed by atoms with Gasteiger partial charge < -0.3 is 14.6 Å². The molecule has 2 heterocycles. The number of benzene rings is 2. The zero-order chi connectivity index (χ0) is 16.8. The third kappa shape index (κ3) is 2.09. The van der Waals surface area contributed by atoms with Gasteiger partial charge in [-0.2, -0.15) is 0 Å². The number of aliphatic hydroxyl groups excluding tert-OH is 1. The molecule has 0 aliphatic carbocycles. The van der Waals surface area contributed by atoms with Gasteiger partial charge in [0.25, 0.3) is 0 Å². The fourth-order valence-electron chi connectivity index (χ4n) is 3.06. The molecule has 0 saturated carbocycles. The standard InChI is InChI=1S/C18H15ClN4O/c1-22-14-9-5-3-7-12(14)21-18(22)16-15(24)10-23(17(16)20)13-8-4-2-6-11(13)19/h2-9,20,24H,10H2,1H3. The number of rotatable bonds is 2. The SMILES string of the molecule is Cn1c(C2=C(O)CN(c3ccccc3Cl)C2=N)nc2ccccc21. The zero-order valence-corrected chi connectivity index (χ0v) is 13.7. The molecule has 0 radical (unpaired) electrons. The van der Waals surface area contributed by atoms with Crippen LogP contribution in [0, 0.1) is 5.41 Å². The van der Waals surface area contributed by atoms with Crippen molar-refractivity contribution in [2.75, 3.05) is 11.4 Å². The number of aryl methyl sites for hydroxylation is 1. The Balaban J connectivity index is 1.81.